The number of ether oxygens (including phenoxy) is 1. The van der Waals surface area contributed by atoms with E-state index in [0.717, 1.165) is 17.7 Å². The number of carbonyl (C=O) groups excluding carboxylic acids is 1. The van der Waals surface area contributed by atoms with Gasteiger partial charge in [0, 0.05) is 12.6 Å². The molecule has 1 N–H and O–H groups in total. The van der Waals surface area contributed by atoms with E-state index in [1.54, 1.807) is 0 Å². The SMILES string of the molecule is Cc1n[nH]cc1CCOC=O. The van der Waals surface area contributed by atoms with E-state index >= 15 is 0 Å². The van der Waals surface area contributed by atoms with Crippen LogP contribution in [0.1, 0.15) is 11.3 Å². The van der Waals surface area contributed by atoms with Gasteiger partial charge in [-0.25, -0.2) is 0 Å². The second-order valence-corrected chi connectivity index (χ2v) is 2.21. The van der Waals surface area contributed by atoms with Crippen molar-refractivity contribution >= 4 is 6.47 Å². The second-order valence-electron chi connectivity index (χ2n) is 2.21. The zero-order valence-corrected chi connectivity index (χ0v) is 6.33. The van der Waals surface area contributed by atoms with Gasteiger partial charge in [-0.1, -0.05) is 0 Å². The van der Waals surface area contributed by atoms with E-state index < -0.39 is 0 Å². The Hall–Kier alpha value is -1.32. The van der Waals surface area contributed by atoms with Crippen molar-refractivity contribution in [2.24, 2.45) is 0 Å². The maximum atomic E-state index is 9.77. The van der Waals surface area contributed by atoms with E-state index in [0.29, 0.717) is 13.1 Å². The van der Waals surface area contributed by atoms with Crippen molar-refractivity contribution in [3.05, 3.63) is 17.5 Å². The zero-order chi connectivity index (χ0) is 8.10. The van der Waals surface area contributed by atoms with Gasteiger partial charge in [0.1, 0.15) is 0 Å². The molecule has 1 heterocycles. The first-order valence-corrected chi connectivity index (χ1v) is 3.39. The Labute approximate surface area is 64.6 Å². The average molecular weight is 154 g/mol. The summed E-state index contributed by atoms with van der Waals surface area (Å²) < 4.78 is 4.54. The molecule has 4 nitrogen and oxygen atoms in total. The van der Waals surface area contributed by atoms with Crippen LogP contribution in [0.2, 0.25) is 0 Å². The minimum atomic E-state index is 0.421. The number of aromatic amines is 1. The van der Waals surface area contributed by atoms with Crippen molar-refractivity contribution in [2.45, 2.75) is 13.3 Å². The molecule has 0 saturated carbocycles. The Morgan fingerprint density at radius 1 is 1.82 bits per heavy atom. The van der Waals surface area contributed by atoms with Gasteiger partial charge in [0.25, 0.3) is 6.47 Å². The van der Waals surface area contributed by atoms with Gasteiger partial charge < -0.3 is 4.74 Å². The molecule has 0 radical (unpaired) electrons. The number of nitrogens with one attached hydrogen (secondary N) is 1. The van der Waals surface area contributed by atoms with Crippen LogP contribution in [0.4, 0.5) is 0 Å². The van der Waals surface area contributed by atoms with Crippen molar-refractivity contribution in [3.63, 3.8) is 0 Å². The van der Waals surface area contributed by atoms with Crippen LogP contribution >= 0.6 is 0 Å². The van der Waals surface area contributed by atoms with Crippen LogP contribution in [-0.2, 0) is 16.0 Å². The molecular formula is C7H10N2O2. The summed E-state index contributed by atoms with van der Waals surface area (Å²) in [4.78, 5) is 9.77. The van der Waals surface area contributed by atoms with E-state index in [1.807, 2.05) is 13.1 Å². The summed E-state index contributed by atoms with van der Waals surface area (Å²) in [6.07, 6.45) is 2.53. The van der Waals surface area contributed by atoms with Crippen LogP contribution in [-0.4, -0.2) is 23.3 Å². The molecule has 1 aromatic heterocycles. The predicted octanol–water partition coefficient (Wildman–Crippen LogP) is 0.434. The molecule has 11 heavy (non-hydrogen) atoms. The molecule has 0 aliphatic rings. The maximum absolute atomic E-state index is 9.77. The van der Waals surface area contributed by atoms with Crippen molar-refractivity contribution < 1.29 is 9.53 Å². The van der Waals surface area contributed by atoms with Gasteiger partial charge in [0.15, 0.2) is 0 Å². The van der Waals surface area contributed by atoms with E-state index in [9.17, 15) is 4.79 Å². The molecule has 0 atom stereocenters. The molecular weight excluding hydrogens is 144 g/mol. The fourth-order valence-electron chi connectivity index (χ4n) is 0.853. The zero-order valence-electron chi connectivity index (χ0n) is 6.33. The van der Waals surface area contributed by atoms with Gasteiger partial charge in [-0.05, 0) is 12.5 Å². The lowest BCUT2D eigenvalue weighted by atomic mass is 10.2. The largest absolute Gasteiger partial charge is 0.468 e. The minimum Gasteiger partial charge on any atom is -0.468 e. The van der Waals surface area contributed by atoms with Crippen LogP contribution < -0.4 is 0 Å². The van der Waals surface area contributed by atoms with Crippen molar-refractivity contribution in [1.29, 1.82) is 0 Å². The summed E-state index contributed by atoms with van der Waals surface area (Å²) in [5, 5.41) is 6.66. The van der Waals surface area contributed by atoms with E-state index in [2.05, 4.69) is 14.9 Å². The fourth-order valence-corrected chi connectivity index (χ4v) is 0.853. The van der Waals surface area contributed by atoms with Gasteiger partial charge in [-0.2, -0.15) is 5.10 Å². The highest BCUT2D eigenvalue weighted by molar-refractivity contribution is 5.37. The van der Waals surface area contributed by atoms with E-state index in [4.69, 9.17) is 0 Å². The van der Waals surface area contributed by atoms with Gasteiger partial charge in [0.05, 0.1) is 12.3 Å². The lowest BCUT2D eigenvalue weighted by Crippen LogP contribution is -1.96. The molecule has 60 valence electrons. The highest BCUT2D eigenvalue weighted by Gasteiger charge is 1.98. The summed E-state index contributed by atoms with van der Waals surface area (Å²) in [5.74, 6) is 0. The van der Waals surface area contributed by atoms with Crippen LogP contribution in [0.15, 0.2) is 6.20 Å². The third kappa shape index (κ3) is 2.07. The lowest BCUT2D eigenvalue weighted by molar-refractivity contribution is -0.128. The topological polar surface area (TPSA) is 55.0 Å². The van der Waals surface area contributed by atoms with Gasteiger partial charge in [-0.15, -0.1) is 0 Å². The van der Waals surface area contributed by atoms with Crippen LogP contribution in [0, 0.1) is 6.92 Å². The standard InChI is InChI=1S/C7H10N2O2/c1-6-7(4-8-9-6)2-3-11-5-10/h4-5H,2-3H2,1H3,(H,8,9). The number of hydrogen-bond donors (Lipinski definition) is 1. The van der Waals surface area contributed by atoms with Crippen molar-refractivity contribution in [2.75, 3.05) is 6.61 Å². The maximum Gasteiger partial charge on any atom is 0.293 e. The summed E-state index contributed by atoms with van der Waals surface area (Å²) in [7, 11) is 0. The summed E-state index contributed by atoms with van der Waals surface area (Å²) in [6, 6.07) is 0. The molecule has 0 aromatic carbocycles. The number of hydrogen-bond acceptors (Lipinski definition) is 3. The van der Waals surface area contributed by atoms with Gasteiger partial charge in [0.2, 0.25) is 0 Å². The summed E-state index contributed by atoms with van der Waals surface area (Å²) in [5.41, 5.74) is 2.05. The van der Waals surface area contributed by atoms with E-state index in [1.165, 1.54) is 0 Å². The summed E-state index contributed by atoms with van der Waals surface area (Å²) >= 11 is 0. The quantitative estimate of drug-likeness (QED) is 0.505. The normalized spacial score (nSPS) is 9.55. The minimum absolute atomic E-state index is 0.421. The number of H-pyrrole nitrogens is 1. The molecule has 0 saturated heterocycles. The average Bonchev–Trinajstić information content (AvgIpc) is 2.37. The van der Waals surface area contributed by atoms with Crippen LogP contribution in [0.3, 0.4) is 0 Å². The summed E-state index contributed by atoms with van der Waals surface area (Å²) in [6.45, 7) is 2.78. The molecule has 0 unspecified atom stereocenters. The van der Waals surface area contributed by atoms with Gasteiger partial charge in [-0.3, -0.25) is 9.89 Å². The van der Waals surface area contributed by atoms with Crippen molar-refractivity contribution in [1.82, 2.24) is 10.2 Å². The molecule has 1 rings (SSSR count). The number of aryl methyl sites for hydroxylation is 1. The Balaban J connectivity index is 2.38. The number of carbonyl (C=O) groups is 1. The molecule has 0 aliphatic carbocycles. The van der Waals surface area contributed by atoms with Crippen LogP contribution in [0.5, 0.6) is 0 Å². The Bertz CT molecular complexity index is 232. The highest BCUT2D eigenvalue weighted by atomic mass is 16.5. The first-order valence-electron chi connectivity index (χ1n) is 3.39. The third-order valence-corrected chi connectivity index (χ3v) is 1.49. The molecule has 0 aliphatic heterocycles. The molecule has 0 bridgehead atoms. The molecule has 0 amide bonds. The van der Waals surface area contributed by atoms with E-state index in [-0.39, 0.29) is 0 Å². The number of aromatic nitrogens is 2. The van der Waals surface area contributed by atoms with Crippen LogP contribution in [0.25, 0.3) is 0 Å². The Morgan fingerprint density at radius 3 is 3.18 bits per heavy atom. The number of rotatable bonds is 4. The molecule has 0 spiro atoms. The number of nitrogens with zero attached hydrogens (tertiary/aromatic N) is 1. The van der Waals surface area contributed by atoms with Gasteiger partial charge >= 0.3 is 0 Å². The fraction of sp³-hybridized carbons (Fsp3) is 0.429. The monoisotopic (exact) mass is 154 g/mol. The van der Waals surface area contributed by atoms with Crippen molar-refractivity contribution in [3.8, 4) is 0 Å². The third-order valence-electron chi connectivity index (χ3n) is 1.49. The smallest absolute Gasteiger partial charge is 0.293 e. The predicted molar refractivity (Wildman–Crippen MR) is 39.0 cm³/mol. The molecule has 1 aromatic rings. The first kappa shape index (κ1) is 7.78. The Kier molecular flexibility index (Phi) is 2.66. The first-order chi connectivity index (χ1) is 5.34. The second kappa shape index (κ2) is 3.75. The molecule has 4 heteroatoms. The Morgan fingerprint density at radius 2 is 2.64 bits per heavy atom. The lowest BCUT2D eigenvalue weighted by Gasteiger charge is -1.95. The highest BCUT2D eigenvalue weighted by Crippen LogP contribution is 2.02. The molecule has 0 fully saturated rings.